The molecule has 5 heteroatoms. The first-order valence-corrected chi connectivity index (χ1v) is 8.67. The van der Waals surface area contributed by atoms with Gasteiger partial charge in [-0.1, -0.05) is 17.7 Å². The molecule has 2 aromatic heterocycles. The fourth-order valence-electron chi connectivity index (χ4n) is 3.15. The SMILES string of the molecule is Cc1cccc(C(=O)Nc2ncnc3sc4c(c23)CCCC4)c1. The zero-order chi connectivity index (χ0) is 15.8. The van der Waals surface area contributed by atoms with E-state index < -0.39 is 0 Å². The van der Waals surface area contributed by atoms with Crippen LogP contribution in [-0.2, 0) is 12.8 Å². The van der Waals surface area contributed by atoms with Crippen LogP contribution in [-0.4, -0.2) is 15.9 Å². The Kier molecular flexibility index (Phi) is 3.58. The summed E-state index contributed by atoms with van der Waals surface area (Å²) in [6, 6.07) is 7.59. The maximum absolute atomic E-state index is 12.5. The Morgan fingerprint density at radius 1 is 1.22 bits per heavy atom. The van der Waals surface area contributed by atoms with Crippen LogP contribution >= 0.6 is 11.3 Å². The second-order valence-corrected chi connectivity index (χ2v) is 7.02. The summed E-state index contributed by atoms with van der Waals surface area (Å²) in [5, 5.41) is 4.02. The van der Waals surface area contributed by atoms with Crippen LogP contribution in [0.25, 0.3) is 10.2 Å². The number of aryl methyl sites for hydroxylation is 3. The minimum atomic E-state index is -0.121. The Morgan fingerprint density at radius 2 is 2.09 bits per heavy atom. The number of nitrogens with zero attached hydrogens (tertiary/aromatic N) is 2. The zero-order valence-corrected chi connectivity index (χ0v) is 13.7. The average molecular weight is 323 g/mol. The standard InChI is InChI=1S/C18H17N3OS/c1-11-5-4-6-12(9-11)17(22)21-16-15-13-7-2-3-8-14(13)23-18(15)20-10-19-16/h4-6,9-10H,2-3,7-8H2,1H3,(H,19,20,21,22). The molecule has 4 rings (SSSR count). The van der Waals surface area contributed by atoms with Gasteiger partial charge in [0.15, 0.2) is 0 Å². The molecule has 0 radical (unpaired) electrons. The molecule has 1 amide bonds. The summed E-state index contributed by atoms with van der Waals surface area (Å²) >= 11 is 1.74. The Hall–Kier alpha value is -2.27. The van der Waals surface area contributed by atoms with Gasteiger partial charge in [-0.15, -0.1) is 11.3 Å². The van der Waals surface area contributed by atoms with Crippen molar-refractivity contribution in [2.24, 2.45) is 0 Å². The van der Waals surface area contributed by atoms with Gasteiger partial charge in [0.25, 0.3) is 5.91 Å². The normalized spacial score (nSPS) is 13.8. The number of carbonyl (C=O) groups is 1. The molecule has 0 spiro atoms. The third-order valence-electron chi connectivity index (χ3n) is 4.26. The molecule has 1 aromatic carbocycles. The molecule has 0 fully saturated rings. The van der Waals surface area contributed by atoms with Crippen LogP contribution in [0.2, 0.25) is 0 Å². The van der Waals surface area contributed by atoms with Crippen molar-refractivity contribution in [2.45, 2.75) is 32.6 Å². The van der Waals surface area contributed by atoms with Gasteiger partial charge >= 0.3 is 0 Å². The maximum atomic E-state index is 12.5. The van der Waals surface area contributed by atoms with E-state index in [4.69, 9.17) is 0 Å². The van der Waals surface area contributed by atoms with Gasteiger partial charge in [-0.25, -0.2) is 9.97 Å². The van der Waals surface area contributed by atoms with Gasteiger partial charge in [0.2, 0.25) is 0 Å². The summed E-state index contributed by atoms with van der Waals surface area (Å²) in [6.45, 7) is 1.98. The van der Waals surface area contributed by atoms with Crippen molar-refractivity contribution in [2.75, 3.05) is 5.32 Å². The summed E-state index contributed by atoms with van der Waals surface area (Å²) in [5.74, 6) is 0.519. The topological polar surface area (TPSA) is 54.9 Å². The van der Waals surface area contributed by atoms with E-state index in [2.05, 4.69) is 15.3 Å². The highest BCUT2D eigenvalue weighted by atomic mass is 32.1. The fraction of sp³-hybridized carbons (Fsp3) is 0.278. The van der Waals surface area contributed by atoms with Crippen LogP contribution in [0.3, 0.4) is 0 Å². The smallest absolute Gasteiger partial charge is 0.256 e. The summed E-state index contributed by atoms with van der Waals surface area (Å²) in [4.78, 5) is 23.6. The summed E-state index contributed by atoms with van der Waals surface area (Å²) in [7, 11) is 0. The highest BCUT2D eigenvalue weighted by Gasteiger charge is 2.20. The Morgan fingerprint density at radius 3 is 2.96 bits per heavy atom. The summed E-state index contributed by atoms with van der Waals surface area (Å²) in [6.07, 6.45) is 6.13. The minimum Gasteiger partial charge on any atom is -0.306 e. The fourth-order valence-corrected chi connectivity index (χ4v) is 4.38. The van der Waals surface area contributed by atoms with Gasteiger partial charge in [-0.3, -0.25) is 4.79 Å². The Bertz CT molecular complexity index is 900. The van der Waals surface area contributed by atoms with Crippen molar-refractivity contribution in [1.82, 2.24) is 9.97 Å². The first kappa shape index (κ1) is 14.3. The van der Waals surface area contributed by atoms with E-state index in [0.717, 1.165) is 28.6 Å². The second-order valence-electron chi connectivity index (χ2n) is 5.94. The lowest BCUT2D eigenvalue weighted by atomic mass is 9.97. The molecular weight excluding hydrogens is 306 g/mol. The van der Waals surface area contributed by atoms with Gasteiger partial charge < -0.3 is 5.32 Å². The number of carbonyl (C=O) groups excluding carboxylic acids is 1. The average Bonchev–Trinajstić information content (AvgIpc) is 2.94. The molecule has 3 aromatic rings. The first-order chi connectivity index (χ1) is 11.2. The Labute approximate surface area is 138 Å². The van der Waals surface area contributed by atoms with E-state index in [1.54, 1.807) is 11.3 Å². The van der Waals surface area contributed by atoms with Crippen LogP contribution in [0.1, 0.15) is 39.2 Å². The van der Waals surface area contributed by atoms with Crippen molar-refractivity contribution in [3.05, 3.63) is 52.2 Å². The van der Waals surface area contributed by atoms with Gasteiger partial charge in [0.1, 0.15) is 17.0 Å². The van der Waals surface area contributed by atoms with Crippen molar-refractivity contribution >= 4 is 33.3 Å². The highest BCUT2D eigenvalue weighted by Crippen LogP contribution is 2.38. The molecule has 1 aliphatic carbocycles. The summed E-state index contributed by atoms with van der Waals surface area (Å²) in [5.41, 5.74) is 3.05. The van der Waals surface area contributed by atoms with Crippen molar-refractivity contribution in [1.29, 1.82) is 0 Å². The van der Waals surface area contributed by atoms with E-state index in [-0.39, 0.29) is 5.91 Å². The molecule has 4 nitrogen and oxygen atoms in total. The molecule has 0 saturated carbocycles. The molecule has 116 valence electrons. The molecule has 0 atom stereocenters. The molecule has 2 heterocycles. The second kappa shape index (κ2) is 5.74. The van der Waals surface area contributed by atoms with Crippen LogP contribution in [0.5, 0.6) is 0 Å². The van der Waals surface area contributed by atoms with E-state index >= 15 is 0 Å². The lowest BCUT2D eigenvalue weighted by Gasteiger charge is -2.12. The highest BCUT2D eigenvalue weighted by molar-refractivity contribution is 7.19. The number of hydrogen-bond donors (Lipinski definition) is 1. The van der Waals surface area contributed by atoms with Crippen LogP contribution < -0.4 is 5.32 Å². The van der Waals surface area contributed by atoms with Crippen molar-refractivity contribution in [3.8, 4) is 0 Å². The molecule has 0 saturated heterocycles. The molecule has 0 unspecified atom stereocenters. The molecular formula is C18H17N3OS. The molecule has 0 bridgehead atoms. The number of rotatable bonds is 2. The number of hydrogen-bond acceptors (Lipinski definition) is 4. The zero-order valence-electron chi connectivity index (χ0n) is 12.9. The predicted molar refractivity (Wildman–Crippen MR) is 93.2 cm³/mol. The Balaban J connectivity index is 1.74. The molecule has 0 aliphatic heterocycles. The third-order valence-corrected chi connectivity index (χ3v) is 5.46. The van der Waals surface area contributed by atoms with Crippen LogP contribution in [0.15, 0.2) is 30.6 Å². The molecule has 1 N–H and O–H groups in total. The van der Waals surface area contributed by atoms with Gasteiger partial charge in [-0.2, -0.15) is 0 Å². The minimum absolute atomic E-state index is 0.121. The molecule has 23 heavy (non-hydrogen) atoms. The largest absolute Gasteiger partial charge is 0.306 e. The number of nitrogens with one attached hydrogen (secondary N) is 1. The number of amides is 1. The van der Waals surface area contributed by atoms with Crippen LogP contribution in [0.4, 0.5) is 5.82 Å². The maximum Gasteiger partial charge on any atom is 0.256 e. The summed E-state index contributed by atoms with van der Waals surface area (Å²) < 4.78 is 0. The van der Waals surface area contributed by atoms with Gasteiger partial charge in [-0.05, 0) is 50.3 Å². The molecule has 1 aliphatic rings. The quantitative estimate of drug-likeness (QED) is 0.771. The van der Waals surface area contributed by atoms with Crippen molar-refractivity contribution < 1.29 is 4.79 Å². The number of benzene rings is 1. The van der Waals surface area contributed by atoms with Gasteiger partial charge in [0.05, 0.1) is 5.39 Å². The van der Waals surface area contributed by atoms with E-state index in [1.165, 1.54) is 29.6 Å². The van der Waals surface area contributed by atoms with Crippen LogP contribution in [0, 0.1) is 6.92 Å². The lowest BCUT2D eigenvalue weighted by Crippen LogP contribution is -2.14. The van der Waals surface area contributed by atoms with E-state index in [9.17, 15) is 4.79 Å². The van der Waals surface area contributed by atoms with E-state index in [0.29, 0.717) is 11.4 Å². The number of fused-ring (bicyclic) bond motifs is 3. The lowest BCUT2D eigenvalue weighted by molar-refractivity contribution is 0.102. The van der Waals surface area contributed by atoms with Gasteiger partial charge in [0, 0.05) is 10.4 Å². The van der Waals surface area contributed by atoms with Crippen molar-refractivity contribution in [3.63, 3.8) is 0 Å². The van der Waals surface area contributed by atoms with E-state index in [1.807, 2.05) is 31.2 Å². The third kappa shape index (κ3) is 2.61. The predicted octanol–water partition coefficient (Wildman–Crippen LogP) is 4.13. The number of aromatic nitrogens is 2. The monoisotopic (exact) mass is 323 g/mol. The number of thiophene rings is 1. The number of anilines is 1. The first-order valence-electron chi connectivity index (χ1n) is 7.85.